The lowest BCUT2D eigenvalue weighted by molar-refractivity contribution is 0.640. The Morgan fingerprint density at radius 1 is 1.20 bits per heavy atom. The van der Waals surface area contributed by atoms with Gasteiger partial charge in [0.05, 0.1) is 0 Å². The van der Waals surface area contributed by atoms with E-state index in [4.69, 9.17) is 0 Å². The Bertz CT molecular complexity index is 64.3. The Hall–Kier alpha value is 0.700. The van der Waals surface area contributed by atoms with E-state index < -0.39 is 0 Å². The van der Waals surface area contributed by atoms with Crippen molar-refractivity contribution in [1.82, 2.24) is 0 Å². The largest absolute Gasteiger partial charge is 0.179 e. The van der Waals surface area contributed by atoms with Crippen LogP contribution in [0.2, 0.25) is 0 Å². The smallest absolute Gasteiger partial charge is 0.00245 e. The molecule has 0 aromatic carbocycles. The fraction of sp³-hybridized carbons (Fsp3) is 1.00. The van der Waals surface area contributed by atoms with E-state index in [2.05, 4.69) is 32.2 Å². The van der Waals surface area contributed by atoms with E-state index in [0.717, 1.165) is 12.2 Å². The maximum absolute atomic E-state index is 4.43. The van der Waals surface area contributed by atoms with Crippen LogP contribution in [0.3, 0.4) is 0 Å². The SMILES string of the molecule is CCCCCC(S)CCS. The molecule has 0 amide bonds. The molecule has 0 N–H and O–H groups in total. The van der Waals surface area contributed by atoms with Gasteiger partial charge in [-0.2, -0.15) is 25.3 Å². The van der Waals surface area contributed by atoms with Gasteiger partial charge < -0.3 is 0 Å². The van der Waals surface area contributed by atoms with Crippen molar-refractivity contribution in [3.8, 4) is 0 Å². The molecule has 0 aromatic heterocycles. The fourth-order valence-corrected chi connectivity index (χ4v) is 1.75. The summed E-state index contributed by atoms with van der Waals surface area (Å²) in [5, 5.41) is 0.587. The second-order valence-electron chi connectivity index (χ2n) is 2.66. The van der Waals surface area contributed by atoms with Crippen molar-refractivity contribution in [2.75, 3.05) is 5.75 Å². The van der Waals surface area contributed by atoms with Crippen LogP contribution in [0.5, 0.6) is 0 Å². The van der Waals surface area contributed by atoms with Crippen LogP contribution in [0.1, 0.15) is 39.0 Å². The molecule has 62 valence electrons. The zero-order chi connectivity index (χ0) is 7.82. The number of hydrogen-bond acceptors (Lipinski definition) is 2. The summed E-state index contributed by atoms with van der Waals surface area (Å²) in [5.74, 6) is 0.973. The molecular weight excluding hydrogens is 160 g/mol. The van der Waals surface area contributed by atoms with Crippen LogP contribution in [0.25, 0.3) is 0 Å². The zero-order valence-corrected chi connectivity index (χ0v) is 8.50. The highest BCUT2D eigenvalue weighted by Gasteiger charge is 1.99. The lowest BCUT2D eigenvalue weighted by Crippen LogP contribution is -1.98. The zero-order valence-electron chi connectivity index (χ0n) is 6.71. The van der Waals surface area contributed by atoms with Crippen LogP contribution in [0.4, 0.5) is 0 Å². The van der Waals surface area contributed by atoms with Crippen LogP contribution >= 0.6 is 25.3 Å². The number of thiol groups is 2. The lowest BCUT2D eigenvalue weighted by atomic mass is 10.1. The van der Waals surface area contributed by atoms with Gasteiger partial charge in [-0.25, -0.2) is 0 Å². The quantitative estimate of drug-likeness (QED) is 0.453. The van der Waals surface area contributed by atoms with E-state index in [1.807, 2.05) is 0 Å². The number of rotatable bonds is 6. The molecule has 0 aromatic rings. The summed E-state index contributed by atoms with van der Waals surface area (Å²) in [6, 6.07) is 0. The van der Waals surface area contributed by atoms with Crippen LogP contribution < -0.4 is 0 Å². The lowest BCUT2D eigenvalue weighted by Gasteiger charge is -2.06. The highest BCUT2D eigenvalue weighted by atomic mass is 32.1. The molecule has 1 unspecified atom stereocenters. The molecule has 0 nitrogen and oxygen atoms in total. The van der Waals surface area contributed by atoms with Gasteiger partial charge in [0.2, 0.25) is 0 Å². The summed E-state index contributed by atoms with van der Waals surface area (Å²) in [4.78, 5) is 0. The van der Waals surface area contributed by atoms with Gasteiger partial charge in [-0.3, -0.25) is 0 Å². The van der Waals surface area contributed by atoms with Gasteiger partial charge in [-0.1, -0.05) is 26.2 Å². The number of hydrogen-bond donors (Lipinski definition) is 2. The van der Waals surface area contributed by atoms with Crippen LogP contribution in [0.15, 0.2) is 0 Å². The Labute approximate surface area is 75.6 Å². The summed E-state index contributed by atoms with van der Waals surface area (Å²) in [7, 11) is 0. The monoisotopic (exact) mass is 178 g/mol. The summed E-state index contributed by atoms with van der Waals surface area (Å²) in [6.07, 6.45) is 6.40. The average molecular weight is 178 g/mol. The van der Waals surface area contributed by atoms with Gasteiger partial charge in [-0.15, -0.1) is 0 Å². The first-order valence-electron chi connectivity index (χ1n) is 4.10. The van der Waals surface area contributed by atoms with E-state index in [0.29, 0.717) is 5.25 Å². The minimum absolute atomic E-state index is 0.587. The molecule has 0 heterocycles. The summed E-state index contributed by atoms with van der Waals surface area (Å²) in [5.41, 5.74) is 0. The first-order chi connectivity index (χ1) is 4.81. The summed E-state index contributed by atoms with van der Waals surface area (Å²) in [6.45, 7) is 2.23. The molecule has 10 heavy (non-hydrogen) atoms. The third kappa shape index (κ3) is 6.81. The maximum Gasteiger partial charge on any atom is 0.00245 e. The molecule has 0 radical (unpaired) electrons. The molecular formula is C8H18S2. The highest BCUT2D eigenvalue weighted by molar-refractivity contribution is 7.81. The van der Waals surface area contributed by atoms with Crippen LogP contribution in [-0.2, 0) is 0 Å². The Morgan fingerprint density at radius 3 is 2.40 bits per heavy atom. The predicted octanol–water partition coefficient (Wildman–Crippen LogP) is 3.19. The average Bonchev–Trinajstić information content (AvgIpc) is 1.89. The Balaban J connectivity index is 2.97. The topological polar surface area (TPSA) is 0 Å². The first-order valence-corrected chi connectivity index (χ1v) is 5.25. The van der Waals surface area contributed by atoms with Crippen molar-refractivity contribution in [3.05, 3.63) is 0 Å². The van der Waals surface area contributed by atoms with Crippen molar-refractivity contribution in [1.29, 1.82) is 0 Å². The third-order valence-corrected chi connectivity index (χ3v) is 2.38. The molecule has 0 saturated heterocycles. The van der Waals surface area contributed by atoms with Gasteiger partial charge in [0, 0.05) is 5.25 Å². The van der Waals surface area contributed by atoms with Gasteiger partial charge in [0.15, 0.2) is 0 Å². The van der Waals surface area contributed by atoms with Crippen molar-refractivity contribution >= 4 is 25.3 Å². The molecule has 0 aliphatic carbocycles. The van der Waals surface area contributed by atoms with Gasteiger partial charge >= 0.3 is 0 Å². The predicted molar refractivity (Wildman–Crippen MR) is 55.4 cm³/mol. The summed E-state index contributed by atoms with van der Waals surface area (Å²) >= 11 is 8.59. The van der Waals surface area contributed by atoms with Gasteiger partial charge in [-0.05, 0) is 18.6 Å². The van der Waals surface area contributed by atoms with E-state index in [1.165, 1.54) is 25.7 Å². The maximum atomic E-state index is 4.43. The normalized spacial score (nSPS) is 13.5. The Kier molecular flexibility index (Phi) is 8.35. The Morgan fingerprint density at radius 2 is 1.90 bits per heavy atom. The molecule has 0 aliphatic heterocycles. The minimum Gasteiger partial charge on any atom is -0.179 e. The van der Waals surface area contributed by atoms with Gasteiger partial charge in [0.1, 0.15) is 0 Å². The molecule has 0 aliphatic rings. The standard InChI is InChI=1S/C8H18S2/c1-2-3-4-5-8(10)6-7-9/h8-10H,2-7H2,1H3. The van der Waals surface area contributed by atoms with E-state index in [9.17, 15) is 0 Å². The second-order valence-corrected chi connectivity index (χ2v) is 3.84. The van der Waals surface area contributed by atoms with Gasteiger partial charge in [0.25, 0.3) is 0 Å². The fourth-order valence-electron chi connectivity index (χ4n) is 0.923. The molecule has 1 atom stereocenters. The molecule has 0 fully saturated rings. The molecule has 0 spiro atoms. The van der Waals surface area contributed by atoms with Crippen LogP contribution in [-0.4, -0.2) is 11.0 Å². The van der Waals surface area contributed by atoms with Crippen molar-refractivity contribution in [2.45, 2.75) is 44.3 Å². The molecule has 0 rings (SSSR count). The highest BCUT2D eigenvalue weighted by Crippen LogP contribution is 2.12. The van der Waals surface area contributed by atoms with E-state index in [1.54, 1.807) is 0 Å². The van der Waals surface area contributed by atoms with Crippen molar-refractivity contribution in [3.63, 3.8) is 0 Å². The van der Waals surface area contributed by atoms with E-state index in [-0.39, 0.29) is 0 Å². The second kappa shape index (κ2) is 7.80. The number of unbranched alkanes of at least 4 members (excludes halogenated alkanes) is 2. The first kappa shape index (κ1) is 10.7. The third-order valence-electron chi connectivity index (χ3n) is 1.60. The minimum atomic E-state index is 0.587. The molecule has 2 heteroatoms. The van der Waals surface area contributed by atoms with Crippen LogP contribution in [0, 0.1) is 0 Å². The molecule has 0 bridgehead atoms. The van der Waals surface area contributed by atoms with Crippen molar-refractivity contribution in [2.24, 2.45) is 0 Å². The molecule has 0 saturated carbocycles. The summed E-state index contributed by atoms with van der Waals surface area (Å²) < 4.78 is 0. The van der Waals surface area contributed by atoms with E-state index >= 15 is 0 Å². The van der Waals surface area contributed by atoms with Crippen molar-refractivity contribution < 1.29 is 0 Å².